The molecule has 0 bridgehead atoms. The molecule has 0 saturated heterocycles. The van der Waals surface area contributed by atoms with Crippen LogP contribution in [-0.4, -0.2) is 21.3 Å². The highest BCUT2D eigenvalue weighted by molar-refractivity contribution is 5.61. The van der Waals surface area contributed by atoms with Gasteiger partial charge in [0.25, 0.3) is 0 Å². The van der Waals surface area contributed by atoms with Gasteiger partial charge >= 0.3 is 0 Å². The van der Waals surface area contributed by atoms with E-state index in [1.165, 1.54) is 5.56 Å². The van der Waals surface area contributed by atoms with Gasteiger partial charge in [0.15, 0.2) is 11.5 Å². The molecule has 21 heavy (non-hydrogen) atoms. The summed E-state index contributed by atoms with van der Waals surface area (Å²) in [6.07, 6.45) is 0. The highest BCUT2D eigenvalue weighted by atomic mass is 16.5. The average Bonchev–Trinajstić information content (AvgIpc) is 2.53. The Morgan fingerprint density at radius 3 is 2.00 bits per heavy atom. The molecule has 0 amide bonds. The third-order valence-corrected chi connectivity index (χ3v) is 3.81. The van der Waals surface area contributed by atoms with Crippen molar-refractivity contribution in [2.24, 2.45) is 0 Å². The zero-order chi connectivity index (χ0) is 15.4. The van der Waals surface area contributed by atoms with Crippen molar-refractivity contribution < 1.29 is 14.2 Å². The molecule has 3 nitrogen and oxygen atoms in total. The largest absolute Gasteiger partial charge is 0.493 e. The van der Waals surface area contributed by atoms with Gasteiger partial charge in [-0.15, -0.1) is 0 Å². The third-order valence-electron chi connectivity index (χ3n) is 3.81. The molecule has 0 aliphatic carbocycles. The van der Waals surface area contributed by atoms with Crippen molar-refractivity contribution in [3.05, 3.63) is 53.1 Å². The highest BCUT2D eigenvalue weighted by Crippen LogP contribution is 2.45. The van der Waals surface area contributed by atoms with Gasteiger partial charge in [-0.1, -0.05) is 37.3 Å². The zero-order valence-electron chi connectivity index (χ0n) is 13.3. The van der Waals surface area contributed by atoms with E-state index in [9.17, 15) is 0 Å². The second kappa shape index (κ2) is 6.53. The molecular formula is C18H22O3. The Hall–Kier alpha value is -2.16. The van der Waals surface area contributed by atoms with Gasteiger partial charge in [-0.25, -0.2) is 0 Å². The van der Waals surface area contributed by atoms with E-state index in [4.69, 9.17) is 14.2 Å². The lowest BCUT2D eigenvalue weighted by molar-refractivity contribution is 0.321. The molecule has 0 N–H and O–H groups in total. The second-order valence-electron chi connectivity index (χ2n) is 5.01. The van der Waals surface area contributed by atoms with E-state index in [-0.39, 0.29) is 5.92 Å². The minimum absolute atomic E-state index is 0.209. The first-order valence-electron chi connectivity index (χ1n) is 6.98. The number of hydrogen-bond acceptors (Lipinski definition) is 3. The Morgan fingerprint density at radius 1 is 0.857 bits per heavy atom. The van der Waals surface area contributed by atoms with E-state index in [0.717, 1.165) is 16.9 Å². The summed E-state index contributed by atoms with van der Waals surface area (Å²) >= 11 is 0. The van der Waals surface area contributed by atoms with Crippen molar-refractivity contribution in [1.29, 1.82) is 0 Å². The van der Waals surface area contributed by atoms with Crippen molar-refractivity contribution in [3.63, 3.8) is 0 Å². The van der Waals surface area contributed by atoms with Crippen LogP contribution < -0.4 is 14.2 Å². The standard InChI is InChI=1S/C18H22O3/c1-12-11-15(19-3)17(20-4)18(21-5)16(12)13(2)14-9-7-6-8-10-14/h6-11,13H,1-5H3. The monoisotopic (exact) mass is 286 g/mol. The molecule has 1 atom stereocenters. The summed E-state index contributed by atoms with van der Waals surface area (Å²) in [5.41, 5.74) is 3.49. The molecule has 0 aliphatic rings. The molecule has 0 heterocycles. The number of aryl methyl sites for hydroxylation is 1. The first-order chi connectivity index (χ1) is 10.1. The molecule has 0 fully saturated rings. The van der Waals surface area contributed by atoms with Crippen LogP contribution in [0.1, 0.15) is 29.5 Å². The van der Waals surface area contributed by atoms with Crippen molar-refractivity contribution >= 4 is 0 Å². The van der Waals surface area contributed by atoms with Gasteiger partial charge in [0.1, 0.15) is 0 Å². The molecule has 2 rings (SSSR count). The maximum absolute atomic E-state index is 5.63. The van der Waals surface area contributed by atoms with Crippen LogP contribution >= 0.6 is 0 Å². The van der Waals surface area contributed by atoms with Crippen LogP contribution in [0.2, 0.25) is 0 Å². The molecule has 3 heteroatoms. The summed E-state index contributed by atoms with van der Waals surface area (Å²) in [7, 11) is 4.93. The van der Waals surface area contributed by atoms with Gasteiger partial charge in [-0.2, -0.15) is 0 Å². The molecule has 0 saturated carbocycles. The number of hydrogen-bond donors (Lipinski definition) is 0. The van der Waals surface area contributed by atoms with E-state index in [2.05, 4.69) is 26.0 Å². The smallest absolute Gasteiger partial charge is 0.203 e. The molecular weight excluding hydrogens is 264 g/mol. The van der Waals surface area contributed by atoms with E-state index in [1.807, 2.05) is 24.3 Å². The first-order valence-corrected chi connectivity index (χ1v) is 6.98. The number of ether oxygens (including phenoxy) is 3. The van der Waals surface area contributed by atoms with Gasteiger partial charge in [0, 0.05) is 11.5 Å². The second-order valence-corrected chi connectivity index (χ2v) is 5.01. The minimum atomic E-state index is 0.209. The Bertz CT molecular complexity index is 606. The quantitative estimate of drug-likeness (QED) is 0.825. The topological polar surface area (TPSA) is 27.7 Å². The lowest BCUT2D eigenvalue weighted by Crippen LogP contribution is -2.05. The Labute approximate surface area is 126 Å². The van der Waals surface area contributed by atoms with Crippen molar-refractivity contribution in [2.75, 3.05) is 21.3 Å². The van der Waals surface area contributed by atoms with E-state index < -0.39 is 0 Å². The summed E-state index contributed by atoms with van der Waals surface area (Å²) in [6.45, 7) is 4.24. The summed E-state index contributed by atoms with van der Waals surface area (Å²) in [5, 5.41) is 0. The van der Waals surface area contributed by atoms with Gasteiger partial charge in [-0.3, -0.25) is 0 Å². The van der Waals surface area contributed by atoms with Crippen molar-refractivity contribution in [3.8, 4) is 17.2 Å². The Morgan fingerprint density at radius 2 is 1.48 bits per heavy atom. The molecule has 0 aliphatic heterocycles. The van der Waals surface area contributed by atoms with Crippen LogP contribution in [0.3, 0.4) is 0 Å². The molecule has 0 spiro atoms. The maximum Gasteiger partial charge on any atom is 0.203 e. The molecule has 0 radical (unpaired) electrons. The fourth-order valence-electron chi connectivity index (χ4n) is 2.75. The fraction of sp³-hybridized carbons (Fsp3) is 0.333. The van der Waals surface area contributed by atoms with Crippen molar-refractivity contribution in [1.82, 2.24) is 0 Å². The molecule has 2 aromatic carbocycles. The molecule has 0 aromatic heterocycles. The zero-order valence-corrected chi connectivity index (χ0v) is 13.3. The number of benzene rings is 2. The van der Waals surface area contributed by atoms with Gasteiger partial charge < -0.3 is 14.2 Å². The van der Waals surface area contributed by atoms with Crippen LogP contribution in [0, 0.1) is 6.92 Å². The predicted octanol–water partition coefficient (Wildman–Crippen LogP) is 4.17. The molecule has 1 unspecified atom stereocenters. The van der Waals surface area contributed by atoms with Crippen molar-refractivity contribution in [2.45, 2.75) is 19.8 Å². The highest BCUT2D eigenvalue weighted by Gasteiger charge is 2.23. The first kappa shape index (κ1) is 15.2. The van der Waals surface area contributed by atoms with Crippen LogP contribution in [0.4, 0.5) is 0 Å². The predicted molar refractivity (Wildman–Crippen MR) is 84.8 cm³/mol. The lowest BCUT2D eigenvalue weighted by atomic mass is 9.89. The fourth-order valence-corrected chi connectivity index (χ4v) is 2.75. The van der Waals surface area contributed by atoms with E-state index in [1.54, 1.807) is 21.3 Å². The number of rotatable bonds is 5. The van der Waals surface area contributed by atoms with Gasteiger partial charge in [-0.05, 0) is 24.1 Å². The summed E-state index contributed by atoms with van der Waals surface area (Å²) in [6, 6.07) is 12.4. The van der Waals surface area contributed by atoms with Crippen LogP contribution in [-0.2, 0) is 0 Å². The Balaban J connectivity index is 2.62. The lowest BCUT2D eigenvalue weighted by Gasteiger charge is -2.22. The van der Waals surface area contributed by atoms with E-state index >= 15 is 0 Å². The van der Waals surface area contributed by atoms with Crippen LogP contribution in [0.15, 0.2) is 36.4 Å². The normalized spacial score (nSPS) is 11.9. The molecule has 112 valence electrons. The summed E-state index contributed by atoms with van der Waals surface area (Å²) in [4.78, 5) is 0. The number of methoxy groups -OCH3 is 3. The summed E-state index contributed by atoms with van der Waals surface area (Å²) < 4.78 is 16.5. The molecule has 2 aromatic rings. The average molecular weight is 286 g/mol. The SMILES string of the molecule is COc1cc(C)c(C(C)c2ccccc2)c(OC)c1OC. The van der Waals surface area contributed by atoms with Crippen LogP contribution in [0.25, 0.3) is 0 Å². The van der Waals surface area contributed by atoms with Crippen LogP contribution in [0.5, 0.6) is 17.2 Å². The minimum Gasteiger partial charge on any atom is -0.493 e. The maximum atomic E-state index is 5.63. The third kappa shape index (κ3) is 2.82. The van der Waals surface area contributed by atoms with Gasteiger partial charge in [0.2, 0.25) is 5.75 Å². The van der Waals surface area contributed by atoms with E-state index in [0.29, 0.717) is 11.5 Å². The summed E-state index contributed by atoms with van der Waals surface area (Å²) in [5.74, 6) is 2.28. The Kier molecular flexibility index (Phi) is 4.73. The van der Waals surface area contributed by atoms with Gasteiger partial charge in [0.05, 0.1) is 21.3 Å².